The van der Waals surface area contributed by atoms with Crippen molar-refractivity contribution in [1.29, 1.82) is 5.26 Å². The highest BCUT2D eigenvalue weighted by Gasteiger charge is 1.99. The molecule has 1 rings (SSSR count). The molecule has 62 valence electrons. The maximum atomic E-state index is 9.07. The molecule has 0 aliphatic carbocycles. The lowest BCUT2D eigenvalue weighted by Gasteiger charge is -1.99. The van der Waals surface area contributed by atoms with Crippen LogP contribution in [0.3, 0.4) is 0 Å². The van der Waals surface area contributed by atoms with Gasteiger partial charge in [-0.3, -0.25) is 0 Å². The molecule has 0 aliphatic rings. The van der Waals surface area contributed by atoms with Crippen LogP contribution >= 0.6 is 0 Å². The van der Waals surface area contributed by atoms with E-state index in [4.69, 9.17) is 15.5 Å². The topological polar surface area (TPSA) is 64.2 Å². The van der Waals surface area contributed by atoms with Gasteiger partial charge in [0.1, 0.15) is 0 Å². The summed E-state index contributed by atoms with van der Waals surface area (Å²) in [6.45, 7) is 0. The Labute approximate surface area is 70.5 Å². The quantitative estimate of drug-likeness (QED) is 0.650. The Balaban J connectivity index is 2.77. The van der Waals surface area contributed by atoms with Crippen molar-refractivity contribution in [3.05, 3.63) is 23.8 Å². The van der Waals surface area contributed by atoms with E-state index in [1.54, 1.807) is 6.07 Å². The van der Waals surface area contributed by atoms with E-state index >= 15 is 0 Å². The number of phenols is 2. The molecule has 0 fully saturated rings. The molecule has 3 nitrogen and oxygen atoms in total. The molecule has 0 aliphatic heterocycles. The second-order valence-corrected chi connectivity index (χ2v) is 2.48. The van der Waals surface area contributed by atoms with Crippen LogP contribution in [0.15, 0.2) is 18.2 Å². The Bertz CT molecular complexity index is 315. The fourth-order valence-corrected chi connectivity index (χ4v) is 0.925. The van der Waals surface area contributed by atoms with Crippen molar-refractivity contribution in [2.75, 3.05) is 0 Å². The fourth-order valence-electron chi connectivity index (χ4n) is 0.925. The van der Waals surface area contributed by atoms with Crippen LogP contribution in [0.2, 0.25) is 0 Å². The van der Waals surface area contributed by atoms with Gasteiger partial charge in [0.2, 0.25) is 0 Å². The van der Waals surface area contributed by atoms with Crippen LogP contribution in [-0.2, 0) is 6.42 Å². The van der Waals surface area contributed by atoms with E-state index in [2.05, 4.69) is 0 Å². The predicted octanol–water partition coefficient (Wildman–Crippen LogP) is 1.55. The number of aryl methyl sites for hydroxylation is 1. The second-order valence-electron chi connectivity index (χ2n) is 2.48. The summed E-state index contributed by atoms with van der Waals surface area (Å²) in [5, 5.41) is 26.3. The Morgan fingerprint density at radius 1 is 1.25 bits per heavy atom. The minimum Gasteiger partial charge on any atom is -0.504 e. The van der Waals surface area contributed by atoms with Crippen molar-refractivity contribution in [3.8, 4) is 17.6 Å². The smallest absolute Gasteiger partial charge is 0.157 e. The first-order valence-electron chi connectivity index (χ1n) is 3.62. The van der Waals surface area contributed by atoms with Crippen LogP contribution in [0, 0.1) is 11.3 Å². The van der Waals surface area contributed by atoms with Gasteiger partial charge in [-0.2, -0.15) is 5.26 Å². The average molecular weight is 163 g/mol. The van der Waals surface area contributed by atoms with E-state index in [-0.39, 0.29) is 11.5 Å². The predicted molar refractivity (Wildman–Crippen MR) is 43.7 cm³/mol. The summed E-state index contributed by atoms with van der Waals surface area (Å²) >= 11 is 0. The Hall–Kier alpha value is -1.69. The SMILES string of the molecule is N#CCCc1ccc(O)c(O)c1. The zero-order chi connectivity index (χ0) is 8.97. The van der Waals surface area contributed by atoms with Crippen molar-refractivity contribution >= 4 is 0 Å². The summed E-state index contributed by atoms with van der Waals surface area (Å²) in [5.74, 6) is -0.263. The van der Waals surface area contributed by atoms with Crippen molar-refractivity contribution < 1.29 is 10.2 Å². The molecule has 0 heterocycles. The lowest BCUT2D eigenvalue weighted by Crippen LogP contribution is -1.82. The molecule has 0 bridgehead atoms. The van der Waals surface area contributed by atoms with Crippen LogP contribution in [0.5, 0.6) is 11.5 Å². The average Bonchev–Trinajstić information content (AvgIpc) is 2.07. The summed E-state index contributed by atoms with van der Waals surface area (Å²) in [6.07, 6.45) is 1.02. The molecule has 0 saturated heterocycles. The third kappa shape index (κ3) is 1.89. The van der Waals surface area contributed by atoms with Gasteiger partial charge < -0.3 is 10.2 Å². The third-order valence-corrected chi connectivity index (χ3v) is 1.57. The molecule has 0 radical (unpaired) electrons. The number of phenolic OH excluding ortho intramolecular Hbond substituents is 2. The van der Waals surface area contributed by atoms with E-state index < -0.39 is 0 Å². The molecule has 12 heavy (non-hydrogen) atoms. The molecule has 0 aromatic heterocycles. The van der Waals surface area contributed by atoms with Gasteiger partial charge in [-0.05, 0) is 24.1 Å². The number of hydrogen-bond acceptors (Lipinski definition) is 3. The number of rotatable bonds is 2. The van der Waals surface area contributed by atoms with Crippen molar-refractivity contribution in [2.45, 2.75) is 12.8 Å². The largest absolute Gasteiger partial charge is 0.504 e. The molecule has 0 saturated carbocycles. The fraction of sp³-hybridized carbons (Fsp3) is 0.222. The first-order chi connectivity index (χ1) is 5.74. The lowest BCUT2D eigenvalue weighted by molar-refractivity contribution is 0.403. The summed E-state index contributed by atoms with van der Waals surface area (Å²) in [6, 6.07) is 6.58. The molecule has 1 aromatic carbocycles. The lowest BCUT2D eigenvalue weighted by atomic mass is 10.1. The van der Waals surface area contributed by atoms with Crippen LogP contribution in [0.4, 0.5) is 0 Å². The molecule has 0 spiro atoms. The van der Waals surface area contributed by atoms with E-state index in [0.29, 0.717) is 12.8 Å². The Morgan fingerprint density at radius 2 is 2.00 bits per heavy atom. The second kappa shape index (κ2) is 3.63. The number of nitrogens with zero attached hydrogens (tertiary/aromatic N) is 1. The number of hydrogen-bond donors (Lipinski definition) is 2. The molecule has 2 N–H and O–H groups in total. The minimum absolute atomic E-state index is 0.129. The number of aromatic hydroxyl groups is 2. The zero-order valence-corrected chi connectivity index (χ0v) is 6.49. The van der Waals surface area contributed by atoms with Gasteiger partial charge in [0.25, 0.3) is 0 Å². The zero-order valence-electron chi connectivity index (χ0n) is 6.49. The van der Waals surface area contributed by atoms with Gasteiger partial charge >= 0.3 is 0 Å². The monoisotopic (exact) mass is 163 g/mol. The normalized spacial score (nSPS) is 9.25. The van der Waals surface area contributed by atoms with Crippen LogP contribution in [0.1, 0.15) is 12.0 Å². The molecule has 0 amide bonds. The minimum atomic E-state index is -0.134. The van der Waals surface area contributed by atoms with Crippen molar-refractivity contribution in [3.63, 3.8) is 0 Å². The van der Waals surface area contributed by atoms with Crippen LogP contribution in [0.25, 0.3) is 0 Å². The van der Waals surface area contributed by atoms with E-state index in [0.717, 1.165) is 5.56 Å². The highest BCUT2D eigenvalue weighted by molar-refractivity contribution is 5.40. The maximum absolute atomic E-state index is 9.07. The van der Waals surface area contributed by atoms with Gasteiger partial charge in [0, 0.05) is 6.42 Å². The number of benzene rings is 1. The highest BCUT2D eigenvalue weighted by atomic mass is 16.3. The number of nitriles is 1. The third-order valence-electron chi connectivity index (χ3n) is 1.57. The summed E-state index contributed by atoms with van der Waals surface area (Å²) < 4.78 is 0. The molecule has 3 heteroatoms. The maximum Gasteiger partial charge on any atom is 0.157 e. The van der Waals surface area contributed by atoms with Gasteiger partial charge in [0.15, 0.2) is 11.5 Å². The van der Waals surface area contributed by atoms with Gasteiger partial charge in [-0.1, -0.05) is 6.07 Å². The van der Waals surface area contributed by atoms with Gasteiger partial charge in [0.05, 0.1) is 6.07 Å². The summed E-state index contributed by atoms with van der Waals surface area (Å²) in [4.78, 5) is 0. The Morgan fingerprint density at radius 3 is 2.58 bits per heavy atom. The highest BCUT2D eigenvalue weighted by Crippen LogP contribution is 2.25. The van der Waals surface area contributed by atoms with E-state index in [1.807, 2.05) is 6.07 Å². The standard InChI is InChI=1S/C9H9NO2/c10-5-1-2-7-3-4-8(11)9(12)6-7/h3-4,6,11-12H,1-2H2. The summed E-state index contributed by atoms with van der Waals surface area (Å²) in [5.41, 5.74) is 0.854. The van der Waals surface area contributed by atoms with Crippen molar-refractivity contribution in [1.82, 2.24) is 0 Å². The molecular weight excluding hydrogens is 154 g/mol. The van der Waals surface area contributed by atoms with Gasteiger partial charge in [-0.15, -0.1) is 0 Å². The first-order valence-corrected chi connectivity index (χ1v) is 3.62. The van der Waals surface area contributed by atoms with Crippen LogP contribution < -0.4 is 0 Å². The molecule has 1 aromatic rings. The van der Waals surface area contributed by atoms with E-state index in [9.17, 15) is 0 Å². The molecule has 0 atom stereocenters. The van der Waals surface area contributed by atoms with Crippen LogP contribution in [-0.4, -0.2) is 10.2 Å². The van der Waals surface area contributed by atoms with Crippen molar-refractivity contribution in [2.24, 2.45) is 0 Å². The molecular formula is C9H9NO2. The van der Waals surface area contributed by atoms with E-state index in [1.165, 1.54) is 12.1 Å². The summed E-state index contributed by atoms with van der Waals surface area (Å²) in [7, 11) is 0. The Kier molecular flexibility index (Phi) is 2.54. The van der Waals surface area contributed by atoms with Gasteiger partial charge in [-0.25, -0.2) is 0 Å². The molecule has 0 unspecified atom stereocenters. The first kappa shape index (κ1) is 8.41.